The van der Waals surface area contributed by atoms with E-state index in [1.54, 1.807) is 13.8 Å². The van der Waals surface area contributed by atoms with E-state index in [0.717, 1.165) is 28.8 Å². The van der Waals surface area contributed by atoms with E-state index in [2.05, 4.69) is 5.32 Å². The molecule has 1 aromatic heterocycles. The molecule has 8 heteroatoms. The summed E-state index contributed by atoms with van der Waals surface area (Å²) in [6.07, 6.45) is -4.53. The van der Waals surface area contributed by atoms with Crippen LogP contribution in [0.2, 0.25) is 0 Å². The van der Waals surface area contributed by atoms with Gasteiger partial charge in [-0.3, -0.25) is 10.1 Å². The van der Waals surface area contributed by atoms with Gasteiger partial charge in [-0.15, -0.1) is 0 Å². The highest BCUT2D eigenvalue weighted by Crippen LogP contribution is 2.33. The van der Waals surface area contributed by atoms with E-state index in [-0.39, 0.29) is 10.9 Å². The number of hydrogen-bond donors (Lipinski definition) is 2. The van der Waals surface area contributed by atoms with Crippen molar-refractivity contribution in [2.24, 2.45) is 5.92 Å². The fourth-order valence-electron chi connectivity index (χ4n) is 1.90. The van der Waals surface area contributed by atoms with Crippen molar-refractivity contribution in [2.75, 3.05) is 0 Å². The first-order valence-electron chi connectivity index (χ1n) is 6.38. The predicted molar refractivity (Wildman–Crippen MR) is 72.4 cm³/mol. The fourth-order valence-corrected chi connectivity index (χ4v) is 1.90. The number of rotatable bonds is 1. The molecule has 0 unspecified atom stereocenters. The lowest BCUT2D eigenvalue weighted by Gasteiger charge is -2.10. The number of aromatic hydroxyl groups is 1. The molecule has 0 saturated carbocycles. The molecule has 2 aromatic rings. The molecule has 0 fully saturated rings. The highest BCUT2D eigenvalue weighted by molar-refractivity contribution is 6.01. The molecular formula is C14H13F3N2O3. The Morgan fingerprint density at radius 1 is 1.23 bits per heavy atom. The maximum atomic E-state index is 12.6. The molecule has 0 aliphatic heterocycles. The molecule has 2 amide bonds. The molecule has 0 spiro atoms. The third-order valence-electron chi connectivity index (χ3n) is 3.07. The van der Waals surface area contributed by atoms with Crippen molar-refractivity contribution in [1.29, 1.82) is 0 Å². The number of benzene rings is 1. The summed E-state index contributed by atoms with van der Waals surface area (Å²) >= 11 is 0. The summed E-state index contributed by atoms with van der Waals surface area (Å²) in [6.45, 7) is 3.15. The molecule has 2 N–H and O–H groups in total. The summed E-state index contributed by atoms with van der Waals surface area (Å²) in [5.41, 5.74) is -0.824. The number of carbonyl (C=O) groups is 2. The van der Waals surface area contributed by atoms with Crippen molar-refractivity contribution < 1.29 is 27.9 Å². The number of nitrogens with zero attached hydrogens (tertiary/aromatic N) is 1. The Kier molecular flexibility index (Phi) is 3.87. The first-order valence-corrected chi connectivity index (χ1v) is 6.38. The molecule has 0 radical (unpaired) electrons. The quantitative estimate of drug-likeness (QED) is 0.849. The molecule has 5 nitrogen and oxygen atoms in total. The molecule has 0 aliphatic rings. The molecule has 1 heterocycles. The predicted octanol–water partition coefficient (Wildman–Crippen LogP) is 3.11. The van der Waals surface area contributed by atoms with Gasteiger partial charge in [0.2, 0.25) is 5.91 Å². The molecule has 0 bridgehead atoms. The summed E-state index contributed by atoms with van der Waals surface area (Å²) in [6, 6.07) is 2.80. The van der Waals surface area contributed by atoms with Crippen LogP contribution in [0.3, 0.4) is 0 Å². The van der Waals surface area contributed by atoms with Gasteiger partial charge in [0.1, 0.15) is 0 Å². The zero-order chi connectivity index (χ0) is 16.7. The second-order valence-electron chi connectivity index (χ2n) is 5.06. The summed E-state index contributed by atoms with van der Waals surface area (Å²) in [5, 5.41) is 11.9. The second-order valence-corrected chi connectivity index (χ2v) is 5.06. The number of hydrogen-bond acceptors (Lipinski definition) is 3. The van der Waals surface area contributed by atoms with Crippen LogP contribution in [0.15, 0.2) is 24.3 Å². The van der Waals surface area contributed by atoms with Crippen molar-refractivity contribution in [3.63, 3.8) is 0 Å². The van der Waals surface area contributed by atoms with Gasteiger partial charge in [0.15, 0.2) is 5.88 Å². The van der Waals surface area contributed by atoms with Gasteiger partial charge >= 0.3 is 12.2 Å². The third-order valence-corrected chi connectivity index (χ3v) is 3.07. The first-order chi connectivity index (χ1) is 10.1. The third kappa shape index (κ3) is 2.90. The molecule has 0 atom stereocenters. The van der Waals surface area contributed by atoms with Crippen LogP contribution in [0.5, 0.6) is 5.88 Å². The largest absolute Gasteiger partial charge is 0.494 e. The van der Waals surface area contributed by atoms with E-state index in [4.69, 9.17) is 0 Å². The van der Waals surface area contributed by atoms with E-state index in [0.29, 0.717) is 0 Å². The molecule has 1 aromatic carbocycles. The number of halogens is 3. The Morgan fingerprint density at radius 3 is 2.41 bits per heavy atom. The van der Waals surface area contributed by atoms with E-state index in [1.807, 2.05) is 0 Å². The van der Waals surface area contributed by atoms with Crippen LogP contribution in [-0.4, -0.2) is 21.6 Å². The van der Waals surface area contributed by atoms with Crippen molar-refractivity contribution in [2.45, 2.75) is 20.0 Å². The van der Waals surface area contributed by atoms with Crippen molar-refractivity contribution in [1.82, 2.24) is 9.88 Å². The number of alkyl halides is 3. The summed E-state index contributed by atoms with van der Waals surface area (Å²) in [4.78, 5) is 23.5. The SMILES string of the molecule is CC(C)C(=O)NC(=O)n1c(O)cc2cc(C(F)(F)F)ccc21. The molecule has 0 aliphatic carbocycles. The monoisotopic (exact) mass is 314 g/mol. The second kappa shape index (κ2) is 5.36. The lowest BCUT2D eigenvalue weighted by Crippen LogP contribution is -2.36. The number of carbonyl (C=O) groups excluding carboxylic acids is 2. The molecule has 22 heavy (non-hydrogen) atoms. The minimum Gasteiger partial charge on any atom is -0.494 e. The lowest BCUT2D eigenvalue weighted by molar-refractivity contribution is -0.137. The minimum atomic E-state index is -4.53. The van der Waals surface area contributed by atoms with Crippen molar-refractivity contribution in [3.05, 3.63) is 29.8 Å². The van der Waals surface area contributed by atoms with Crippen molar-refractivity contribution in [3.8, 4) is 5.88 Å². The van der Waals surface area contributed by atoms with Gasteiger partial charge in [-0.2, -0.15) is 13.2 Å². The maximum Gasteiger partial charge on any atom is 0.416 e. The minimum absolute atomic E-state index is 0.0412. The van der Waals surface area contributed by atoms with Crippen LogP contribution in [0.25, 0.3) is 10.9 Å². The maximum absolute atomic E-state index is 12.6. The summed E-state index contributed by atoms with van der Waals surface area (Å²) in [7, 11) is 0. The average Bonchev–Trinajstić information content (AvgIpc) is 2.72. The van der Waals surface area contributed by atoms with Crippen LogP contribution in [-0.2, 0) is 11.0 Å². The van der Waals surface area contributed by atoms with Crippen LogP contribution < -0.4 is 5.32 Å². The summed E-state index contributed by atoms with van der Waals surface area (Å²) < 4.78 is 38.7. The molecular weight excluding hydrogens is 301 g/mol. The van der Waals surface area contributed by atoms with Gasteiger partial charge in [0.05, 0.1) is 11.1 Å². The Bertz CT molecular complexity index is 748. The standard InChI is InChI=1S/C14H13F3N2O3/c1-7(2)12(21)18-13(22)19-10-4-3-9(14(15,16)17)5-8(10)6-11(19)20/h3-7,20H,1-2H3,(H,18,21,22). The van der Waals surface area contributed by atoms with Crippen LogP contribution in [0, 0.1) is 5.92 Å². The van der Waals surface area contributed by atoms with E-state index in [1.165, 1.54) is 0 Å². The molecule has 0 saturated heterocycles. The highest BCUT2D eigenvalue weighted by Gasteiger charge is 2.31. The number of nitrogens with one attached hydrogen (secondary N) is 1. The van der Waals surface area contributed by atoms with Gasteiger partial charge in [-0.05, 0) is 18.2 Å². The normalized spacial score (nSPS) is 11.9. The van der Waals surface area contributed by atoms with Gasteiger partial charge in [0, 0.05) is 17.4 Å². The number of imide groups is 1. The zero-order valence-corrected chi connectivity index (χ0v) is 11.7. The van der Waals surface area contributed by atoms with Crippen LogP contribution in [0.1, 0.15) is 19.4 Å². The number of aromatic nitrogens is 1. The Balaban J connectivity index is 2.45. The van der Waals surface area contributed by atoms with Gasteiger partial charge < -0.3 is 5.11 Å². The Morgan fingerprint density at radius 2 is 1.86 bits per heavy atom. The van der Waals surface area contributed by atoms with E-state index >= 15 is 0 Å². The molecule has 2 rings (SSSR count). The van der Waals surface area contributed by atoms with Crippen molar-refractivity contribution >= 4 is 22.8 Å². The first kappa shape index (κ1) is 15.9. The lowest BCUT2D eigenvalue weighted by atomic mass is 10.1. The van der Waals surface area contributed by atoms with Crippen LogP contribution in [0.4, 0.5) is 18.0 Å². The van der Waals surface area contributed by atoms with Gasteiger partial charge in [-0.25, -0.2) is 9.36 Å². The molecule has 118 valence electrons. The fraction of sp³-hybridized carbons (Fsp3) is 0.286. The zero-order valence-electron chi connectivity index (χ0n) is 11.7. The Hall–Kier alpha value is -2.51. The number of fused-ring (bicyclic) bond motifs is 1. The van der Waals surface area contributed by atoms with Gasteiger partial charge in [-0.1, -0.05) is 13.8 Å². The van der Waals surface area contributed by atoms with E-state index < -0.39 is 35.5 Å². The van der Waals surface area contributed by atoms with Gasteiger partial charge in [0.25, 0.3) is 0 Å². The van der Waals surface area contributed by atoms with Crippen LogP contribution >= 0.6 is 0 Å². The number of amides is 2. The topological polar surface area (TPSA) is 71.3 Å². The summed E-state index contributed by atoms with van der Waals surface area (Å²) in [5.74, 6) is -1.56. The highest BCUT2D eigenvalue weighted by atomic mass is 19.4. The Labute approximate surface area is 123 Å². The smallest absolute Gasteiger partial charge is 0.416 e. The average molecular weight is 314 g/mol. The van der Waals surface area contributed by atoms with E-state index in [9.17, 15) is 27.9 Å².